The van der Waals surface area contributed by atoms with E-state index in [9.17, 15) is 4.39 Å². The van der Waals surface area contributed by atoms with Crippen molar-refractivity contribution in [1.82, 2.24) is 9.55 Å². The summed E-state index contributed by atoms with van der Waals surface area (Å²) in [5.74, 6) is 0.0265. The summed E-state index contributed by atoms with van der Waals surface area (Å²) in [6, 6.07) is 10.4. The first-order valence-corrected chi connectivity index (χ1v) is 6.55. The highest BCUT2D eigenvalue weighted by Crippen LogP contribution is 2.26. The molecule has 1 aromatic heterocycles. The van der Waals surface area contributed by atoms with Crippen LogP contribution in [0.5, 0.6) is 0 Å². The Labute approximate surface area is 118 Å². The zero-order valence-corrected chi connectivity index (χ0v) is 11.8. The minimum Gasteiger partial charge on any atom is -0.369 e. The molecule has 0 saturated heterocycles. The van der Waals surface area contributed by atoms with Crippen molar-refractivity contribution in [1.29, 1.82) is 0 Å². The van der Waals surface area contributed by atoms with Crippen LogP contribution in [-0.4, -0.2) is 9.55 Å². The van der Waals surface area contributed by atoms with Gasteiger partial charge >= 0.3 is 0 Å². The Kier molecular flexibility index (Phi) is 2.78. The molecular formula is C14H11BrFN3. The molecule has 5 heteroatoms. The smallest absolute Gasteiger partial charge is 0.205 e. The number of aromatic nitrogens is 2. The first-order chi connectivity index (χ1) is 9.06. The van der Waals surface area contributed by atoms with Crippen molar-refractivity contribution < 1.29 is 4.39 Å². The third-order valence-corrected chi connectivity index (χ3v) is 3.91. The van der Waals surface area contributed by atoms with Crippen LogP contribution < -0.4 is 5.73 Å². The van der Waals surface area contributed by atoms with Gasteiger partial charge in [0.25, 0.3) is 0 Å². The minimum atomic E-state index is -0.317. The van der Waals surface area contributed by atoms with Gasteiger partial charge in [0, 0.05) is 10.5 Å². The summed E-state index contributed by atoms with van der Waals surface area (Å²) in [7, 11) is 0. The number of hydrogen-bond donors (Lipinski definition) is 1. The molecule has 0 unspecified atom stereocenters. The maximum atomic E-state index is 13.2. The highest BCUT2D eigenvalue weighted by Gasteiger charge is 2.11. The Morgan fingerprint density at radius 3 is 2.74 bits per heavy atom. The summed E-state index contributed by atoms with van der Waals surface area (Å²) in [4.78, 5) is 4.19. The van der Waals surface area contributed by atoms with Gasteiger partial charge in [-0.1, -0.05) is 22.0 Å². The molecule has 0 aliphatic carbocycles. The van der Waals surface area contributed by atoms with Crippen molar-refractivity contribution in [3.05, 3.63) is 52.3 Å². The maximum absolute atomic E-state index is 13.2. The van der Waals surface area contributed by atoms with Crippen LogP contribution in [0.1, 0.15) is 5.56 Å². The van der Waals surface area contributed by atoms with Gasteiger partial charge in [0.05, 0.1) is 16.7 Å². The number of rotatable bonds is 1. The van der Waals surface area contributed by atoms with E-state index < -0.39 is 0 Å². The third-order valence-electron chi connectivity index (χ3n) is 3.06. The van der Waals surface area contributed by atoms with Crippen molar-refractivity contribution in [2.24, 2.45) is 0 Å². The van der Waals surface area contributed by atoms with Crippen LogP contribution >= 0.6 is 15.9 Å². The van der Waals surface area contributed by atoms with E-state index >= 15 is 0 Å². The van der Waals surface area contributed by atoms with Crippen molar-refractivity contribution in [2.75, 3.05) is 5.73 Å². The summed E-state index contributed by atoms with van der Waals surface area (Å²) in [5, 5.41) is 0. The van der Waals surface area contributed by atoms with Crippen LogP contribution in [-0.2, 0) is 0 Å². The molecule has 2 N–H and O–H groups in total. The second kappa shape index (κ2) is 4.35. The molecule has 0 radical (unpaired) electrons. The van der Waals surface area contributed by atoms with Gasteiger partial charge in [0.2, 0.25) is 5.95 Å². The van der Waals surface area contributed by atoms with Crippen molar-refractivity contribution >= 4 is 32.9 Å². The normalized spacial score (nSPS) is 11.1. The fourth-order valence-electron chi connectivity index (χ4n) is 2.06. The van der Waals surface area contributed by atoms with Crippen LogP contribution in [0.4, 0.5) is 10.3 Å². The largest absolute Gasteiger partial charge is 0.369 e. The predicted octanol–water partition coefficient (Wildman–Crippen LogP) is 3.82. The molecule has 0 amide bonds. The first-order valence-electron chi connectivity index (χ1n) is 5.76. The zero-order valence-electron chi connectivity index (χ0n) is 10.2. The van der Waals surface area contributed by atoms with E-state index in [1.807, 2.05) is 25.1 Å². The van der Waals surface area contributed by atoms with Gasteiger partial charge in [-0.15, -0.1) is 0 Å². The third kappa shape index (κ3) is 2.00. The molecule has 3 aromatic rings. The maximum Gasteiger partial charge on any atom is 0.205 e. The molecule has 3 nitrogen and oxygen atoms in total. The lowest BCUT2D eigenvalue weighted by Crippen LogP contribution is -2.00. The summed E-state index contributed by atoms with van der Waals surface area (Å²) in [5.41, 5.74) is 9.30. The number of halogens is 2. The average molecular weight is 320 g/mol. The number of nitrogens with zero attached hydrogens (tertiary/aromatic N) is 2. The highest BCUT2D eigenvalue weighted by molar-refractivity contribution is 9.10. The molecule has 96 valence electrons. The molecule has 19 heavy (non-hydrogen) atoms. The minimum absolute atomic E-state index is 0.317. The van der Waals surface area contributed by atoms with Crippen molar-refractivity contribution in [2.45, 2.75) is 6.92 Å². The molecule has 0 aliphatic rings. The van der Waals surface area contributed by atoms with E-state index in [-0.39, 0.29) is 5.82 Å². The molecule has 0 bridgehead atoms. The average Bonchev–Trinajstić information content (AvgIpc) is 2.68. The Balaban J connectivity index is 2.29. The fraction of sp³-hybridized carbons (Fsp3) is 0.0714. The number of benzene rings is 2. The van der Waals surface area contributed by atoms with E-state index in [4.69, 9.17) is 5.73 Å². The second-order valence-corrected chi connectivity index (χ2v) is 5.23. The Morgan fingerprint density at radius 2 is 2.00 bits per heavy atom. The van der Waals surface area contributed by atoms with Crippen LogP contribution in [0.15, 0.2) is 40.9 Å². The van der Waals surface area contributed by atoms with Crippen LogP contribution in [0.2, 0.25) is 0 Å². The molecule has 0 saturated carbocycles. The molecule has 0 aliphatic heterocycles. The van der Waals surface area contributed by atoms with Gasteiger partial charge in [-0.2, -0.15) is 0 Å². The van der Waals surface area contributed by atoms with Crippen LogP contribution in [0, 0.1) is 12.7 Å². The van der Waals surface area contributed by atoms with Gasteiger partial charge in [-0.25, -0.2) is 9.37 Å². The topological polar surface area (TPSA) is 43.8 Å². The Morgan fingerprint density at radius 1 is 1.21 bits per heavy atom. The standard InChI is InChI=1S/C14H11BrFN3/c1-8-2-4-10(7-11(8)15)19-13-5-3-9(16)6-12(13)18-14(19)17/h2-7H,1H3,(H2,17,18). The Bertz CT molecular complexity index is 780. The van der Waals surface area contributed by atoms with Gasteiger partial charge < -0.3 is 5.73 Å². The monoisotopic (exact) mass is 319 g/mol. The van der Waals surface area contributed by atoms with Crippen LogP contribution in [0.3, 0.4) is 0 Å². The molecular weight excluding hydrogens is 309 g/mol. The SMILES string of the molecule is Cc1ccc(-n2c(N)nc3cc(F)ccc32)cc1Br. The number of nitrogen functional groups attached to an aromatic ring is 1. The number of nitrogens with two attached hydrogens (primary N) is 1. The van der Waals surface area contributed by atoms with Crippen molar-refractivity contribution in [3.63, 3.8) is 0 Å². The number of hydrogen-bond acceptors (Lipinski definition) is 2. The van der Waals surface area contributed by atoms with Gasteiger partial charge in [0.15, 0.2) is 0 Å². The number of aryl methyl sites for hydroxylation is 1. The summed E-state index contributed by atoms with van der Waals surface area (Å²) in [6.07, 6.45) is 0. The lowest BCUT2D eigenvalue weighted by Gasteiger charge is -2.08. The van der Waals surface area contributed by atoms with E-state index in [1.165, 1.54) is 12.1 Å². The summed E-state index contributed by atoms with van der Waals surface area (Å²) >= 11 is 3.50. The first kappa shape index (κ1) is 12.2. The quantitative estimate of drug-likeness (QED) is 0.741. The molecule has 0 fully saturated rings. The number of anilines is 1. The number of fused-ring (bicyclic) bond motifs is 1. The van der Waals surface area contributed by atoms with Crippen molar-refractivity contribution in [3.8, 4) is 5.69 Å². The summed E-state index contributed by atoms with van der Waals surface area (Å²) in [6.45, 7) is 2.01. The lowest BCUT2D eigenvalue weighted by molar-refractivity contribution is 0.629. The highest BCUT2D eigenvalue weighted by atomic mass is 79.9. The molecule has 0 spiro atoms. The summed E-state index contributed by atoms with van der Waals surface area (Å²) < 4.78 is 16.0. The number of imidazole rings is 1. The van der Waals surface area contributed by atoms with E-state index in [1.54, 1.807) is 10.6 Å². The molecule has 1 heterocycles. The van der Waals surface area contributed by atoms with E-state index in [0.717, 1.165) is 21.2 Å². The van der Waals surface area contributed by atoms with Gasteiger partial charge in [-0.05, 0) is 36.8 Å². The zero-order chi connectivity index (χ0) is 13.6. The lowest BCUT2D eigenvalue weighted by atomic mass is 10.2. The van der Waals surface area contributed by atoms with Gasteiger partial charge in [-0.3, -0.25) is 4.57 Å². The molecule has 0 atom stereocenters. The predicted molar refractivity (Wildman–Crippen MR) is 77.9 cm³/mol. The van der Waals surface area contributed by atoms with E-state index in [2.05, 4.69) is 20.9 Å². The van der Waals surface area contributed by atoms with Crippen LogP contribution in [0.25, 0.3) is 16.7 Å². The molecule has 3 rings (SSSR count). The second-order valence-electron chi connectivity index (χ2n) is 4.37. The van der Waals surface area contributed by atoms with E-state index in [0.29, 0.717) is 11.5 Å². The van der Waals surface area contributed by atoms with Gasteiger partial charge in [0.1, 0.15) is 5.82 Å². The molecule has 2 aromatic carbocycles. The fourth-order valence-corrected chi connectivity index (χ4v) is 2.43. The Hall–Kier alpha value is -1.88.